The predicted octanol–water partition coefficient (Wildman–Crippen LogP) is 2.06. The summed E-state index contributed by atoms with van der Waals surface area (Å²) in [5, 5.41) is 4.78. The van der Waals surface area contributed by atoms with E-state index in [0.717, 1.165) is 19.3 Å². The second-order valence-electron chi connectivity index (χ2n) is 5.37. The van der Waals surface area contributed by atoms with Crippen LogP contribution in [0.1, 0.15) is 43.0 Å². The molecule has 1 N–H and O–H groups in total. The summed E-state index contributed by atoms with van der Waals surface area (Å²) >= 11 is 1.38. The maximum atomic E-state index is 12.3. The molecule has 0 spiro atoms. The Balaban J connectivity index is 1.85. The van der Waals surface area contributed by atoms with E-state index >= 15 is 0 Å². The first-order valence-electron chi connectivity index (χ1n) is 6.92. The molecule has 20 heavy (non-hydrogen) atoms. The lowest BCUT2D eigenvalue weighted by atomic mass is 9.86. The van der Waals surface area contributed by atoms with Crippen LogP contribution in [-0.2, 0) is 0 Å². The van der Waals surface area contributed by atoms with E-state index in [2.05, 4.69) is 17.2 Å². The maximum absolute atomic E-state index is 12.3. The van der Waals surface area contributed by atoms with Crippen LogP contribution in [0.2, 0.25) is 0 Å². The van der Waals surface area contributed by atoms with Gasteiger partial charge >= 0.3 is 0 Å². The number of nitrogens with one attached hydrogen (secondary N) is 1. The topological polar surface area (TPSA) is 63.5 Å². The number of hydrogen-bond donors (Lipinski definition) is 1. The third-order valence-electron chi connectivity index (χ3n) is 4.02. The van der Waals surface area contributed by atoms with Crippen molar-refractivity contribution in [3.63, 3.8) is 0 Å². The van der Waals surface area contributed by atoms with Gasteiger partial charge in [0, 0.05) is 23.8 Å². The molecular weight excluding hydrogens is 274 g/mol. The van der Waals surface area contributed by atoms with Crippen LogP contribution in [0.25, 0.3) is 4.96 Å². The number of carbonyl (C=O) groups excluding carboxylic acids is 1. The van der Waals surface area contributed by atoms with E-state index in [1.807, 2.05) is 0 Å². The smallest absolute Gasteiger partial charge is 0.271 e. The van der Waals surface area contributed by atoms with Gasteiger partial charge in [0.25, 0.3) is 11.5 Å². The molecule has 106 valence electrons. The minimum atomic E-state index is -0.304. The average molecular weight is 291 g/mol. The van der Waals surface area contributed by atoms with E-state index < -0.39 is 0 Å². The summed E-state index contributed by atoms with van der Waals surface area (Å²) in [6, 6.07) is 0.166. The lowest BCUT2D eigenvalue weighted by Crippen LogP contribution is -2.43. The fourth-order valence-electron chi connectivity index (χ4n) is 2.76. The predicted molar refractivity (Wildman–Crippen MR) is 78.2 cm³/mol. The standard InChI is InChI=1S/C14H17N3O2S/c1-9-4-2-3-5-11(9)16-12(18)10-8-15-14-17(13(10)19)6-7-20-14/h6-9,11H,2-5H2,1H3,(H,16,18). The van der Waals surface area contributed by atoms with Crippen LogP contribution in [-0.4, -0.2) is 21.3 Å². The van der Waals surface area contributed by atoms with Gasteiger partial charge in [-0.2, -0.15) is 0 Å². The fourth-order valence-corrected chi connectivity index (χ4v) is 3.43. The summed E-state index contributed by atoms with van der Waals surface area (Å²) in [7, 11) is 0. The van der Waals surface area contributed by atoms with Crippen molar-refractivity contribution in [2.24, 2.45) is 5.92 Å². The van der Waals surface area contributed by atoms with Gasteiger partial charge in [-0.1, -0.05) is 19.8 Å². The number of fused-ring (bicyclic) bond motifs is 1. The normalized spacial score (nSPS) is 22.9. The van der Waals surface area contributed by atoms with Gasteiger partial charge in [-0.25, -0.2) is 4.98 Å². The summed E-state index contributed by atoms with van der Waals surface area (Å²) in [6.45, 7) is 2.15. The van der Waals surface area contributed by atoms with Crippen molar-refractivity contribution in [3.05, 3.63) is 33.7 Å². The van der Waals surface area contributed by atoms with E-state index in [4.69, 9.17) is 0 Å². The molecule has 6 heteroatoms. The molecule has 2 aromatic rings. The van der Waals surface area contributed by atoms with E-state index in [-0.39, 0.29) is 23.1 Å². The molecule has 0 aliphatic heterocycles. The van der Waals surface area contributed by atoms with Crippen LogP contribution in [0.3, 0.4) is 0 Å². The van der Waals surface area contributed by atoms with Gasteiger partial charge in [0.1, 0.15) is 5.56 Å². The number of rotatable bonds is 2. The summed E-state index contributed by atoms with van der Waals surface area (Å²) in [5.41, 5.74) is -0.170. The van der Waals surface area contributed by atoms with Crippen molar-refractivity contribution in [3.8, 4) is 0 Å². The molecule has 2 aromatic heterocycles. The average Bonchev–Trinajstić information content (AvgIpc) is 2.91. The Morgan fingerprint density at radius 2 is 2.25 bits per heavy atom. The molecule has 1 fully saturated rings. The van der Waals surface area contributed by atoms with Gasteiger partial charge < -0.3 is 5.32 Å². The Kier molecular flexibility index (Phi) is 3.56. The highest BCUT2D eigenvalue weighted by Crippen LogP contribution is 2.23. The molecule has 1 saturated carbocycles. The summed E-state index contributed by atoms with van der Waals surface area (Å²) in [6.07, 6.45) is 7.51. The third kappa shape index (κ3) is 2.35. The zero-order valence-electron chi connectivity index (χ0n) is 11.3. The highest BCUT2D eigenvalue weighted by molar-refractivity contribution is 7.15. The number of carbonyl (C=O) groups is 1. The van der Waals surface area contributed by atoms with Crippen LogP contribution in [0.5, 0.6) is 0 Å². The van der Waals surface area contributed by atoms with Gasteiger partial charge in [0.2, 0.25) is 0 Å². The number of amides is 1. The molecular formula is C14H17N3O2S. The van der Waals surface area contributed by atoms with Crippen molar-refractivity contribution in [2.75, 3.05) is 0 Å². The van der Waals surface area contributed by atoms with Gasteiger partial charge in [-0.05, 0) is 18.8 Å². The molecule has 0 radical (unpaired) electrons. The first-order valence-corrected chi connectivity index (χ1v) is 7.80. The molecule has 0 saturated heterocycles. The number of hydrogen-bond acceptors (Lipinski definition) is 4. The lowest BCUT2D eigenvalue weighted by molar-refractivity contribution is 0.0908. The second kappa shape index (κ2) is 5.36. The van der Waals surface area contributed by atoms with Crippen molar-refractivity contribution in [1.82, 2.24) is 14.7 Å². The van der Waals surface area contributed by atoms with Crippen LogP contribution in [0.4, 0.5) is 0 Å². The molecule has 5 nitrogen and oxygen atoms in total. The molecule has 1 aliphatic rings. The molecule has 2 unspecified atom stereocenters. The van der Waals surface area contributed by atoms with E-state index in [0.29, 0.717) is 10.9 Å². The summed E-state index contributed by atoms with van der Waals surface area (Å²) in [5.74, 6) is 0.162. The van der Waals surface area contributed by atoms with Crippen LogP contribution < -0.4 is 10.9 Å². The van der Waals surface area contributed by atoms with Gasteiger partial charge in [-0.15, -0.1) is 11.3 Å². The van der Waals surface area contributed by atoms with Crippen LogP contribution in [0, 0.1) is 5.92 Å². The van der Waals surface area contributed by atoms with Crippen LogP contribution >= 0.6 is 11.3 Å². The third-order valence-corrected chi connectivity index (χ3v) is 4.79. The second-order valence-corrected chi connectivity index (χ2v) is 6.25. The fraction of sp³-hybridized carbons (Fsp3) is 0.500. The van der Waals surface area contributed by atoms with Gasteiger partial charge in [-0.3, -0.25) is 14.0 Å². The summed E-state index contributed by atoms with van der Waals surface area (Å²) < 4.78 is 1.42. The monoisotopic (exact) mass is 291 g/mol. The van der Waals surface area contributed by atoms with Gasteiger partial charge in [0.05, 0.1) is 0 Å². The minimum Gasteiger partial charge on any atom is -0.349 e. The number of thiazole rings is 1. The van der Waals surface area contributed by atoms with Gasteiger partial charge in [0.15, 0.2) is 4.96 Å². The molecule has 2 heterocycles. The number of nitrogens with zero attached hydrogens (tertiary/aromatic N) is 2. The molecule has 0 bridgehead atoms. The first kappa shape index (κ1) is 13.3. The largest absolute Gasteiger partial charge is 0.349 e. The van der Waals surface area contributed by atoms with Crippen molar-refractivity contribution < 1.29 is 4.79 Å². The Morgan fingerprint density at radius 3 is 3.05 bits per heavy atom. The van der Waals surface area contributed by atoms with Crippen LogP contribution in [0.15, 0.2) is 22.6 Å². The molecule has 0 aromatic carbocycles. The first-order chi connectivity index (χ1) is 9.66. The molecule has 1 aliphatic carbocycles. The summed E-state index contributed by atoms with van der Waals surface area (Å²) in [4.78, 5) is 29.3. The van der Waals surface area contributed by atoms with Crippen molar-refractivity contribution >= 4 is 22.2 Å². The zero-order chi connectivity index (χ0) is 14.1. The van der Waals surface area contributed by atoms with E-state index in [1.165, 1.54) is 28.4 Å². The van der Waals surface area contributed by atoms with Crippen molar-refractivity contribution in [2.45, 2.75) is 38.6 Å². The SMILES string of the molecule is CC1CCCCC1NC(=O)c1cnc2sccn2c1=O. The Bertz CT molecular complexity index is 691. The molecule has 1 amide bonds. The number of aromatic nitrogens is 2. The van der Waals surface area contributed by atoms with E-state index in [1.54, 1.807) is 11.6 Å². The molecule has 3 rings (SSSR count). The quantitative estimate of drug-likeness (QED) is 0.921. The highest BCUT2D eigenvalue weighted by Gasteiger charge is 2.24. The van der Waals surface area contributed by atoms with Crippen molar-refractivity contribution in [1.29, 1.82) is 0 Å². The Hall–Kier alpha value is -1.69. The van der Waals surface area contributed by atoms with E-state index in [9.17, 15) is 9.59 Å². The lowest BCUT2D eigenvalue weighted by Gasteiger charge is -2.29. The Morgan fingerprint density at radius 1 is 1.45 bits per heavy atom. The Labute approximate surface area is 120 Å². The zero-order valence-corrected chi connectivity index (χ0v) is 12.2. The maximum Gasteiger partial charge on any atom is 0.271 e. The highest BCUT2D eigenvalue weighted by atomic mass is 32.1. The minimum absolute atomic E-state index is 0.124. The molecule has 2 atom stereocenters.